The number of aryl methyl sites for hydroxylation is 1. The van der Waals surface area contributed by atoms with Crippen molar-refractivity contribution in [3.05, 3.63) is 88.4 Å². The summed E-state index contributed by atoms with van der Waals surface area (Å²) in [5.74, 6) is -0.446. The minimum atomic E-state index is -4.43. The number of carbonyl (C=O) groups is 2. The van der Waals surface area contributed by atoms with Gasteiger partial charge >= 0.3 is 6.18 Å². The van der Waals surface area contributed by atoms with E-state index in [1.54, 1.807) is 29.1 Å². The van der Waals surface area contributed by atoms with Gasteiger partial charge in [0.25, 0.3) is 11.8 Å². The molecule has 0 saturated heterocycles. The number of anilines is 1. The summed E-state index contributed by atoms with van der Waals surface area (Å²) in [6, 6.07) is 12.0. The van der Waals surface area contributed by atoms with Gasteiger partial charge in [0.05, 0.1) is 34.3 Å². The van der Waals surface area contributed by atoms with Crippen molar-refractivity contribution in [2.45, 2.75) is 33.9 Å². The molecule has 3 N–H and O–H groups in total. The van der Waals surface area contributed by atoms with Gasteiger partial charge < -0.3 is 20.5 Å². The number of hydrogen-bond acceptors (Lipinski definition) is 4. The SMILES string of the molecule is CCN(CC)CCNC(=O)c1c(C)[nH]c(C=C2C(=O)Nc3ccc(-c4ccnn4-c4ccc(C(F)(F)F)cc4)cc32)c1C. The molecule has 1 aliphatic heterocycles. The second-order valence-corrected chi connectivity index (χ2v) is 10.4. The fourth-order valence-electron chi connectivity index (χ4n) is 5.37. The number of H-pyrrole nitrogens is 1. The number of nitrogens with zero attached hydrogens (tertiary/aromatic N) is 3. The van der Waals surface area contributed by atoms with Gasteiger partial charge in [-0.25, -0.2) is 4.68 Å². The number of fused-ring (bicyclic) bond motifs is 1. The van der Waals surface area contributed by atoms with E-state index in [1.807, 2.05) is 26.0 Å². The fraction of sp³-hybridized carbons (Fsp3) is 0.281. The van der Waals surface area contributed by atoms with Crippen molar-refractivity contribution >= 4 is 29.2 Å². The monoisotopic (exact) mass is 590 g/mol. The molecule has 0 spiro atoms. The van der Waals surface area contributed by atoms with Gasteiger partial charge in [0.2, 0.25) is 0 Å². The van der Waals surface area contributed by atoms with Gasteiger partial charge in [0.15, 0.2) is 0 Å². The lowest BCUT2D eigenvalue weighted by Crippen LogP contribution is -2.35. The van der Waals surface area contributed by atoms with Crippen LogP contribution < -0.4 is 10.6 Å². The Kier molecular flexibility index (Phi) is 8.27. The minimum Gasteiger partial charge on any atom is -0.358 e. The average Bonchev–Trinajstić information content (AvgIpc) is 3.66. The lowest BCUT2D eigenvalue weighted by molar-refractivity contribution is -0.137. The first kappa shape index (κ1) is 29.8. The van der Waals surface area contributed by atoms with Gasteiger partial charge in [-0.05, 0) is 81.0 Å². The van der Waals surface area contributed by atoms with Crippen LogP contribution in [0.15, 0.2) is 54.7 Å². The number of benzene rings is 2. The van der Waals surface area contributed by atoms with E-state index in [1.165, 1.54) is 12.1 Å². The van der Waals surface area contributed by atoms with Crippen molar-refractivity contribution in [1.29, 1.82) is 0 Å². The zero-order chi connectivity index (χ0) is 30.9. The number of hydrogen-bond donors (Lipinski definition) is 3. The summed E-state index contributed by atoms with van der Waals surface area (Å²) in [4.78, 5) is 31.6. The Morgan fingerprint density at radius 3 is 2.47 bits per heavy atom. The second-order valence-electron chi connectivity index (χ2n) is 10.4. The number of halogens is 3. The zero-order valence-corrected chi connectivity index (χ0v) is 24.4. The Labute approximate surface area is 247 Å². The number of likely N-dealkylation sites (N-methyl/N-ethyl adjacent to an activating group) is 1. The molecule has 5 rings (SSSR count). The molecule has 11 heteroatoms. The predicted octanol–water partition coefficient (Wildman–Crippen LogP) is 6.07. The number of amides is 2. The highest BCUT2D eigenvalue weighted by Gasteiger charge is 2.30. The van der Waals surface area contributed by atoms with Crippen molar-refractivity contribution in [3.8, 4) is 16.9 Å². The average molecular weight is 591 g/mol. The van der Waals surface area contributed by atoms with Gasteiger partial charge in [-0.1, -0.05) is 19.9 Å². The van der Waals surface area contributed by atoms with Gasteiger partial charge in [-0.3, -0.25) is 9.59 Å². The lowest BCUT2D eigenvalue weighted by Gasteiger charge is -2.18. The number of nitrogens with one attached hydrogen (secondary N) is 3. The van der Waals surface area contributed by atoms with Crippen molar-refractivity contribution in [2.75, 3.05) is 31.5 Å². The molecule has 0 bridgehead atoms. The number of aromatic amines is 1. The maximum atomic E-state index is 13.1. The quantitative estimate of drug-likeness (QED) is 0.206. The van der Waals surface area contributed by atoms with Crippen LogP contribution in [0.2, 0.25) is 0 Å². The molecule has 2 aromatic heterocycles. The molecule has 0 atom stereocenters. The largest absolute Gasteiger partial charge is 0.416 e. The molecule has 224 valence electrons. The highest BCUT2D eigenvalue weighted by atomic mass is 19.4. The molecule has 0 saturated carbocycles. The topological polar surface area (TPSA) is 95.1 Å². The first-order valence-corrected chi connectivity index (χ1v) is 14.1. The molecule has 2 aromatic carbocycles. The highest BCUT2D eigenvalue weighted by Crippen LogP contribution is 2.37. The van der Waals surface area contributed by atoms with Crippen LogP contribution in [0.4, 0.5) is 18.9 Å². The third-order valence-corrected chi connectivity index (χ3v) is 7.78. The van der Waals surface area contributed by atoms with E-state index < -0.39 is 11.7 Å². The molecule has 0 radical (unpaired) electrons. The van der Waals surface area contributed by atoms with E-state index >= 15 is 0 Å². The maximum absolute atomic E-state index is 13.1. The van der Waals surface area contributed by atoms with Crippen molar-refractivity contribution in [2.24, 2.45) is 0 Å². The molecular formula is C32H33F3N6O2. The van der Waals surface area contributed by atoms with Crippen molar-refractivity contribution in [1.82, 2.24) is 25.0 Å². The van der Waals surface area contributed by atoms with Crippen LogP contribution in [0.25, 0.3) is 28.6 Å². The van der Waals surface area contributed by atoms with Crippen molar-refractivity contribution < 1.29 is 22.8 Å². The van der Waals surface area contributed by atoms with Crippen LogP contribution in [0, 0.1) is 13.8 Å². The van der Waals surface area contributed by atoms with Gasteiger partial charge in [-0.2, -0.15) is 18.3 Å². The summed E-state index contributed by atoms with van der Waals surface area (Å²) in [5, 5.41) is 10.2. The van der Waals surface area contributed by atoms with E-state index in [2.05, 4.69) is 39.5 Å². The fourth-order valence-corrected chi connectivity index (χ4v) is 5.37. The summed E-state index contributed by atoms with van der Waals surface area (Å²) in [7, 11) is 0. The van der Waals surface area contributed by atoms with Crippen LogP contribution in [-0.4, -0.2) is 57.7 Å². The third-order valence-electron chi connectivity index (χ3n) is 7.78. The summed E-state index contributed by atoms with van der Waals surface area (Å²) in [5.41, 5.74) is 5.49. The van der Waals surface area contributed by atoms with Crippen LogP contribution in [0.5, 0.6) is 0 Å². The van der Waals surface area contributed by atoms with Crippen molar-refractivity contribution in [3.63, 3.8) is 0 Å². The molecule has 2 amide bonds. The molecule has 4 aromatic rings. The summed E-state index contributed by atoms with van der Waals surface area (Å²) in [6.45, 7) is 11.0. The molecular weight excluding hydrogens is 557 g/mol. The van der Waals surface area contributed by atoms with E-state index in [4.69, 9.17) is 0 Å². The number of alkyl halides is 3. The summed E-state index contributed by atoms with van der Waals surface area (Å²) in [6.07, 6.45) is -1.12. The lowest BCUT2D eigenvalue weighted by atomic mass is 10.0. The number of carbonyl (C=O) groups excluding carboxylic acids is 2. The second kappa shape index (κ2) is 11.9. The Balaban J connectivity index is 1.43. The smallest absolute Gasteiger partial charge is 0.358 e. The van der Waals surface area contributed by atoms with Crippen LogP contribution >= 0.6 is 0 Å². The third kappa shape index (κ3) is 5.98. The Hall–Kier alpha value is -4.64. The van der Waals surface area contributed by atoms with E-state index in [-0.39, 0.29) is 11.8 Å². The standard InChI is InChI=1S/C32H33F3N6O2/c1-5-40(6-2)16-15-36-31(43)29-19(3)27(38-20(29)4)18-25-24-17-21(7-12-26(24)39-30(25)42)28-13-14-37-41(28)23-10-8-22(9-11-23)32(33,34)35/h7-14,17-18,38H,5-6,15-16H2,1-4H3,(H,36,43)(H,39,42). The van der Waals surface area contributed by atoms with Gasteiger partial charge in [0.1, 0.15) is 0 Å². The molecule has 0 aliphatic carbocycles. The minimum absolute atomic E-state index is 0.168. The van der Waals surface area contributed by atoms with E-state index in [9.17, 15) is 22.8 Å². The summed E-state index contributed by atoms with van der Waals surface area (Å²) < 4.78 is 40.7. The Bertz CT molecular complexity index is 1690. The Morgan fingerprint density at radius 1 is 1.07 bits per heavy atom. The molecule has 1 aliphatic rings. The molecule has 0 fully saturated rings. The van der Waals surface area contributed by atoms with Crippen LogP contribution in [0.3, 0.4) is 0 Å². The van der Waals surface area contributed by atoms with E-state index in [0.717, 1.165) is 42.9 Å². The van der Waals surface area contributed by atoms with Crippen LogP contribution in [-0.2, 0) is 11.0 Å². The predicted molar refractivity (Wildman–Crippen MR) is 161 cm³/mol. The Morgan fingerprint density at radius 2 is 1.79 bits per heavy atom. The van der Waals surface area contributed by atoms with E-state index in [0.29, 0.717) is 51.7 Å². The molecule has 43 heavy (non-hydrogen) atoms. The maximum Gasteiger partial charge on any atom is 0.416 e. The molecule has 3 heterocycles. The zero-order valence-electron chi connectivity index (χ0n) is 24.4. The first-order chi connectivity index (χ1) is 20.5. The highest BCUT2D eigenvalue weighted by molar-refractivity contribution is 6.35. The number of aromatic nitrogens is 3. The summed E-state index contributed by atoms with van der Waals surface area (Å²) >= 11 is 0. The number of rotatable bonds is 9. The van der Waals surface area contributed by atoms with Gasteiger partial charge in [-0.15, -0.1) is 0 Å². The normalized spacial score (nSPS) is 14.0. The van der Waals surface area contributed by atoms with Gasteiger partial charge in [0, 0.05) is 41.3 Å². The first-order valence-electron chi connectivity index (χ1n) is 14.1. The molecule has 0 unspecified atom stereocenters. The molecule has 8 nitrogen and oxygen atoms in total. The van der Waals surface area contributed by atoms with Crippen LogP contribution in [0.1, 0.15) is 52.3 Å².